The summed E-state index contributed by atoms with van der Waals surface area (Å²) in [6.45, 7) is 10.1. The molecule has 3 aliphatic rings. The van der Waals surface area contributed by atoms with Crippen LogP contribution < -0.4 is 4.90 Å². The Morgan fingerprint density at radius 1 is 1.00 bits per heavy atom. The van der Waals surface area contributed by atoms with Crippen molar-refractivity contribution in [3.63, 3.8) is 0 Å². The lowest BCUT2D eigenvalue weighted by Crippen LogP contribution is -2.58. The number of anilines is 1. The molecule has 0 saturated carbocycles. The first kappa shape index (κ1) is 32.8. The molecular weight excluding hydrogens is 637 g/mol. The van der Waals surface area contributed by atoms with E-state index in [4.69, 9.17) is 0 Å². The molecule has 3 saturated heterocycles. The fourth-order valence-electron chi connectivity index (χ4n) is 8.36. The molecule has 3 aliphatic heterocycles. The second-order valence-electron chi connectivity index (χ2n) is 13.0. The van der Waals surface area contributed by atoms with Gasteiger partial charge in [0.15, 0.2) is 0 Å². The molecular formula is C38H40N6O4S. The van der Waals surface area contributed by atoms with E-state index in [-0.39, 0.29) is 55.3 Å². The van der Waals surface area contributed by atoms with Gasteiger partial charge in [-0.2, -0.15) is 0 Å². The highest BCUT2D eigenvalue weighted by Gasteiger charge is 2.77. The summed E-state index contributed by atoms with van der Waals surface area (Å²) in [6.07, 6.45) is 4.04. The number of aliphatic hydroxyl groups is 1. The maximum Gasteiger partial charge on any atom is 0.248 e. The fourth-order valence-corrected chi connectivity index (χ4v) is 10.8. The lowest BCUT2D eigenvalue weighted by molar-refractivity contribution is -0.146. The zero-order valence-electron chi connectivity index (χ0n) is 27.4. The third kappa shape index (κ3) is 5.27. The van der Waals surface area contributed by atoms with Gasteiger partial charge in [0.05, 0.1) is 34.7 Å². The number of aromatic nitrogens is 3. The molecule has 1 spiro atoms. The predicted octanol–water partition coefficient (Wildman–Crippen LogP) is 4.69. The standard InChI is InChI=1S/C38H40N6O4S/c1-4-20-41(24-43-29-19-13-12-18-28(29)39-40-43)37(48)34-38-25(3)22-31(49-38)32(35(46)42(21-5-2)27-16-10-7-11-17-27)33(38)36(47)44(34)30(23-45)26-14-8-6-9-15-26/h4-19,25,30-34,45H,1-2,20-24H2,3H3/t25?,30-,31+,32-,33+,34?,38?/m1/s1. The van der Waals surface area contributed by atoms with Crippen molar-refractivity contribution < 1.29 is 19.5 Å². The Morgan fingerprint density at radius 3 is 2.37 bits per heavy atom. The molecule has 3 amide bonds. The Balaban J connectivity index is 1.34. The van der Waals surface area contributed by atoms with Crippen molar-refractivity contribution in [3.8, 4) is 0 Å². The van der Waals surface area contributed by atoms with Gasteiger partial charge in [0.2, 0.25) is 17.7 Å². The summed E-state index contributed by atoms with van der Waals surface area (Å²) in [5.74, 6) is -2.19. The fraction of sp³-hybridized carbons (Fsp3) is 0.342. The lowest BCUT2D eigenvalue weighted by Gasteiger charge is -2.42. The van der Waals surface area contributed by atoms with Gasteiger partial charge in [0, 0.05) is 24.0 Å². The highest BCUT2D eigenvalue weighted by atomic mass is 32.2. The van der Waals surface area contributed by atoms with Crippen LogP contribution in [-0.2, 0) is 21.1 Å². The first-order chi connectivity index (χ1) is 23.8. The molecule has 49 heavy (non-hydrogen) atoms. The molecule has 4 heterocycles. The first-order valence-electron chi connectivity index (χ1n) is 16.7. The minimum Gasteiger partial charge on any atom is -0.394 e. The minimum atomic E-state index is -0.954. The van der Waals surface area contributed by atoms with Crippen LogP contribution in [0.1, 0.15) is 24.9 Å². The second-order valence-corrected chi connectivity index (χ2v) is 14.6. The van der Waals surface area contributed by atoms with Crippen LogP contribution in [0.3, 0.4) is 0 Å². The van der Waals surface area contributed by atoms with Crippen LogP contribution in [0.5, 0.6) is 0 Å². The molecule has 11 heteroatoms. The highest BCUT2D eigenvalue weighted by Crippen LogP contribution is 2.69. The molecule has 3 aromatic carbocycles. The third-order valence-corrected chi connectivity index (χ3v) is 12.5. The molecule has 0 radical (unpaired) electrons. The number of benzene rings is 3. The van der Waals surface area contributed by atoms with Gasteiger partial charge >= 0.3 is 0 Å². The van der Waals surface area contributed by atoms with Crippen LogP contribution in [0.25, 0.3) is 11.0 Å². The summed E-state index contributed by atoms with van der Waals surface area (Å²) >= 11 is 1.61. The van der Waals surface area contributed by atoms with Gasteiger partial charge in [0.25, 0.3) is 0 Å². The van der Waals surface area contributed by atoms with E-state index in [0.29, 0.717) is 11.9 Å². The molecule has 1 N–H and O–H groups in total. The van der Waals surface area contributed by atoms with Crippen molar-refractivity contribution >= 4 is 46.2 Å². The van der Waals surface area contributed by atoms with Gasteiger partial charge in [-0.25, -0.2) is 4.68 Å². The number of fused-ring (bicyclic) bond motifs is 2. The average Bonchev–Trinajstić information content (AvgIpc) is 3.85. The predicted molar refractivity (Wildman–Crippen MR) is 190 cm³/mol. The van der Waals surface area contributed by atoms with Crippen molar-refractivity contribution in [1.82, 2.24) is 24.8 Å². The number of carbonyl (C=O) groups is 3. The number of hydrogen-bond donors (Lipinski definition) is 1. The van der Waals surface area contributed by atoms with Crippen LogP contribution >= 0.6 is 11.8 Å². The first-order valence-corrected chi connectivity index (χ1v) is 17.5. The van der Waals surface area contributed by atoms with Crippen molar-refractivity contribution in [3.05, 3.63) is 116 Å². The van der Waals surface area contributed by atoms with E-state index in [9.17, 15) is 9.90 Å². The normalized spacial score (nSPS) is 26.0. The Kier molecular flexibility index (Phi) is 8.89. The number of amides is 3. The summed E-state index contributed by atoms with van der Waals surface area (Å²) in [7, 11) is 0. The maximum atomic E-state index is 15.2. The van der Waals surface area contributed by atoms with Crippen molar-refractivity contribution in [2.24, 2.45) is 17.8 Å². The summed E-state index contributed by atoms with van der Waals surface area (Å²) in [4.78, 5) is 50.0. The van der Waals surface area contributed by atoms with E-state index in [1.807, 2.05) is 84.9 Å². The van der Waals surface area contributed by atoms with E-state index in [0.717, 1.165) is 16.8 Å². The number of hydrogen-bond acceptors (Lipinski definition) is 7. The molecule has 252 valence electrons. The van der Waals surface area contributed by atoms with Crippen LogP contribution in [0.4, 0.5) is 5.69 Å². The van der Waals surface area contributed by atoms with Gasteiger partial charge in [-0.3, -0.25) is 14.4 Å². The molecule has 7 rings (SSSR count). The average molecular weight is 677 g/mol. The van der Waals surface area contributed by atoms with Gasteiger partial charge < -0.3 is 19.8 Å². The topological polar surface area (TPSA) is 112 Å². The molecule has 7 atom stereocenters. The SMILES string of the molecule is C=CCN(Cn1nnc2ccccc21)C(=O)C1N([C@H](CO)c2ccccc2)C(=O)[C@@H]2[C@H](C(=O)N(CC=C)c3ccccc3)[C@@H]3CC(C)C12S3. The van der Waals surface area contributed by atoms with Gasteiger partial charge in [-0.15, -0.1) is 30.0 Å². The van der Waals surface area contributed by atoms with E-state index in [2.05, 4.69) is 30.4 Å². The zero-order chi connectivity index (χ0) is 34.3. The largest absolute Gasteiger partial charge is 0.394 e. The molecule has 2 bridgehead atoms. The number of thioether (sulfide) groups is 1. The number of para-hydroxylation sites is 2. The monoisotopic (exact) mass is 676 g/mol. The summed E-state index contributed by atoms with van der Waals surface area (Å²) < 4.78 is 0.775. The molecule has 4 aromatic rings. The van der Waals surface area contributed by atoms with E-state index in [1.54, 1.807) is 43.3 Å². The smallest absolute Gasteiger partial charge is 0.248 e. The van der Waals surface area contributed by atoms with Gasteiger partial charge in [0.1, 0.15) is 18.2 Å². The van der Waals surface area contributed by atoms with Gasteiger partial charge in [-0.05, 0) is 42.2 Å². The molecule has 10 nitrogen and oxygen atoms in total. The van der Waals surface area contributed by atoms with Crippen molar-refractivity contribution in [2.45, 2.75) is 42.1 Å². The third-order valence-electron chi connectivity index (χ3n) is 10.4. The number of carbonyl (C=O) groups excluding carboxylic acids is 3. The lowest BCUT2D eigenvalue weighted by atomic mass is 9.65. The van der Waals surface area contributed by atoms with Crippen molar-refractivity contribution in [2.75, 3.05) is 24.6 Å². The number of rotatable bonds is 12. The van der Waals surface area contributed by atoms with Crippen LogP contribution in [0, 0.1) is 17.8 Å². The van der Waals surface area contributed by atoms with Gasteiger partial charge in [-0.1, -0.05) is 85.0 Å². The summed E-state index contributed by atoms with van der Waals surface area (Å²) in [6, 6.07) is 24.5. The summed E-state index contributed by atoms with van der Waals surface area (Å²) in [5, 5.41) is 19.4. The van der Waals surface area contributed by atoms with E-state index < -0.39 is 28.7 Å². The Hall–Kier alpha value is -4.74. The number of nitrogens with zero attached hydrogens (tertiary/aromatic N) is 6. The van der Waals surface area contributed by atoms with Crippen molar-refractivity contribution in [1.29, 1.82) is 0 Å². The molecule has 3 unspecified atom stereocenters. The Labute approximate surface area is 290 Å². The molecule has 3 fully saturated rings. The van der Waals surface area contributed by atoms with E-state index >= 15 is 9.59 Å². The number of likely N-dealkylation sites (tertiary alicyclic amines) is 1. The maximum absolute atomic E-state index is 15.2. The quantitative estimate of drug-likeness (QED) is 0.217. The zero-order valence-corrected chi connectivity index (χ0v) is 28.2. The summed E-state index contributed by atoms with van der Waals surface area (Å²) in [5.41, 5.74) is 2.93. The van der Waals surface area contributed by atoms with Crippen LogP contribution in [0.15, 0.2) is 110 Å². The second kappa shape index (κ2) is 13.3. The molecule has 1 aromatic heterocycles. The van der Waals surface area contributed by atoms with Crippen LogP contribution in [0.2, 0.25) is 0 Å². The van der Waals surface area contributed by atoms with E-state index in [1.165, 1.54) is 0 Å². The van der Waals surface area contributed by atoms with Crippen LogP contribution in [-0.4, -0.2) is 83.4 Å². The highest BCUT2D eigenvalue weighted by molar-refractivity contribution is 8.02. The Morgan fingerprint density at radius 2 is 1.67 bits per heavy atom. The Bertz CT molecular complexity index is 1880. The molecule has 0 aliphatic carbocycles. The minimum absolute atomic E-state index is 0.0584. The number of aliphatic hydroxyl groups excluding tert-OH is 1.